The van der Waals surface area contributed by atoms with Gasteiger partial charge in [-0.25, -0.2) is 0 Å². The summed E-state index contributed by atoms with van der Waals surface area (Å²) >= 11 is 0. The van der Waals surface area contributed by atoms with Gasteiger partial charge >= 0.3 is 6.18 Å². The summed E-state index contributed by atoms with van der Waals surface area (Å²) in [7, 11) is 0. The van der Waals surface area contributed by atoms with Gasteiger partial charge in [0.05, 0.1) is 12.1 Å². The number of alkyl halides is 3. The van der Waals surface area contributed by atoms with Crippen molar-refractivity contribution in [3.05, 3.63) is 41.5 Å². The maximum Gasteiger partial charge on any atom is 0.416 e. The van der Waals surface area contributed by atoms with Crippen LogP contribution in [0.2, 0.25) is 0 Å². The monoisotopic (exact) mass is 566 g/mol. The van der Waals surface area contributed by atoms with E-state index in [1.807, 2.05) is 25.7 Å². The van der Waals surface area contributed by atoms with E-state index in [-0.39, 0.29) is 29.9 Å². The van der Waals surface area contributed by atoms with Gasteiger partial charge in [-0.3, -0.25) is 4.99 Å². The third kappa shape index (κ3) is 6.97. The lowest BCUT2D eigenvalue weighted by atomic mass is 10.1. The van der Waals surface area contributed by atoms with E-state index in [1.54, 1.807) is 6.07 Å². The summed E-state index contributed by atoms with van der Waals surface area (Å²) in [6, 6.07) is 5.49. The molecule has 1 saturated heterocycles. The highest BCUT2D eigenvalue weighted by atomic mass is 127. The normalized spacial score (nSPS) is 15.2. The van der Waals surface area contributed by atoms with Crippen molar-refractivity contribution in [1.29, 1.82) is 0 Å². The molecule has 0 radical (unpaired) electrons. The van der Waals surface area contributed by atoms with Crippen molar-refractivity contribution in [2.24, 2.45) is 4.99 Å². The van der Waals surface area contributed by atoms with Crippen molar-refractivity contribution in [3.8, 4) is 0 Å². The number of hydrogen-bond donors (Lipinski definition) is 1. The molecule has 1 aromatic carbocycles. The lowest BCUT2D eigenvalue weighted by molar-refractivity contribution is -0.137. The van der Waals surface area contributed by atoms with Gasteiger partial charge in [0.2, 0.25) is 5.89 Å². The Balaban J connectivity index is 0.00000363. The van der Waals surface area contributed by atoms with Crippen LogP contribution in [0, 0.1) is 0 Å². The third-order valence-corrected chi connectivity index (χ3v) is 5.04. The number of halogens is 4. The maximum absolute atomic E-state index is 13.0. The number of aliphatic imine (C=N–C) groups is 1. The van der Waals surface area contributed by atoms with Gasteiger partial charge in [-0.15, -0.1) is 24.0 Å². The topological polar surface area (TPSA) is 69.8 Å². The van der Waals surface area contributed by atoms with Crippen LogP contribution in [-0.4, -0.2) is 60.3 Å². The average Bonchev–Trinajstić information content (AvgIpc) is 3.22. The molecule has 0 spiro atoms. The van der Waals surface area contributed by atoms with Crippen molar-refractivity contribution < 1.29 is 17.7 Å². The van der Waals surface area contributed by atoms with E-state index >= 15 is 0 Å². The van der Waals surface area contributed by atoms with E-state index in [4.69, 9.17) is 4.52 Å². The van der Waals surface area contributed by atoms with Crippen LogP contribution in [0.25, 0.3) is 0 Å². The molecule has 0 unspecified atom stereocenters. The largest absolute Gasteiger partial charge is 0.416 e. The van der Waals surface area contributed by atoms with Crippen LogP contribution in [0.5, 0.6) is 0 Å². The molecule has 0 amide bonds. The van der Waals surface area contributed by atoms with E-state index < -0.39 is 11.7 Å². The lowest BCUT2D eigenvalue weighted by Gasteiger charge is -2.38. The third-order valence-electron chi connectivity index (χ3n) is 5.04. The first-order chi connectivity index (χ1) is 14.8. The second kappa shape index (κ2) is 11.7. The minimum absolute atomic E-state index is 0. The maximum atomic E-state index is 13.0. The molecule has 0 atom stereocenters. The summed E-state index contributed by atoms with van der Waals surface area (Å²) in [6.45, 7) is 9.83. The van der Waals surface area contributed by atoms with E-state index in [0.717, 1.165) is 18.6 Å². The fraction of sp³-hybridized carbons (Fsp3) is 0.571. The van der Waals surface area contributed by atoms with Gasteiger partial charge in [0.25, 0.3) is 0 Å². The molecule has 1 aromatic heterocycles. The molecule has 0 aliphatic carbocycles. The molecular weight excluding hydrogens is 536 g/mol. The Hall–Kier alpha value is -2.05. The van der Waals surface area contributed by atoms with Crippen molar-refractivity contribution in [2.75, 3.05) is 44.2 Å². The molecule has 1 fully saturated rings. The number of anilines is 1. The molecule has 2 aromatic rings. The number of rotatable bonds is 6. The molecule has 1 N–H and O–H groups in total. The zero-order valence-corrected chi connectivity index (χ0v) is 20.9. The Morgan fingerprint density at radius 1 is 1.22 bits per heavy atom. The molecule has 1 aliphatic heterocycles. The Bertz CT molecular complexity index is 878. The minimum atomic E-state index is -4.34. The van der Waals surface area contributed by atoms with Gasteiger partial charge in [0, 0.05) is 50.7 Å². The smallest absolute Gasteiger partial charge is 0.368 e. The molecule has 178 valence electrons. The molecule has 3 rings (SSSR count). The van der Waals surface area contributed by atoms with Gasteiger partial charge in [0.15, 0.2) is 11.8 Å². The van der Waals surface area contributed by atoms with Crippen LogP contribution in [0.3, 0.4) is 0 Å². The van der Waals surface area contributed by atoms with E-state index in [9.17, 15) is 13.2 Å². The highest BCUT2D eigenvalue weighted by Crippen LogP contribution is 2.31. The summed E-state index contributed by atoms with van der Waals surface area (Å²) in [5.74, 6) is 2.26. The fourth-order valence-corrected chi connectivity index (χ4v) is 3.34. The van der Waals surface area contributed by atoms with Crippen LogP contribution >= 0.6 is 24.0 Å². The SMILES string of the molecule is CCNC(=NCCc1nc(C(C)C)no1)N1CCN(c2cccc(C(F)(F)F)c2)CC1.I. The predicted molar refractivity (Wildman–Crippen MR) is 129 cm³/mol. The van der Waals surface area contributed by atoms with Crippen LogP contribution in [0.15, 0.2) is 33.8 Å². The van der Waals surface area contributed by atoms with Crippen molar-refractivity contribution >= 4 is 35.6 Å². The van der Waals surface area contributed by atoms with Crippen molar-refractivity contribution in [3.63, 3.8) is 0 Å². The van der Waals surface area contributed by atoms with Gasteiger partial charge < -0.3 is 19.6 Å². The summed E-state index contributed by atoms with van der Waals surface area (Å²) in [5.41, 5.74) is -0.0299. The Labute approximate surface area is 203 Å². The van der Waals surface area contributed by atoms with Gasteiger partial charge in [0.1, 0.15) is 0 Å². The molecule has 2 heterocycles. The zero-order valence-electron chi connectivity index (χ0n) is 18.5. The van der Waals surface area contributed by atoms with Gasteiger partial charge in [-0.2, -0.15) is 18.2 Å². The standard InChI is InChI=1S/C21H29F3N6O.HI/c1-4-25-20(26-9-8-18-27-19(15(2)3)28-31-18)30-12-10-29(11-13-30)17-7-5-6-16(14-17)21(22,23)24;/h5-7,14-15H,4,8-13H2,1-3H3,(H,25,26);1H. The molecule has 1 aliphatic rings. The number of piperazine rings is 1. The van der Waals surface area contributed by atoms with Crippen LogP contribution in [0.1, 0.15) is 44.0 Å². The molecule has 32 heavy (non-hydrogen) atoms. The number of benzene rings is 1. The lowest BCUT2D eigenvalue weighted by Crippen LogP contribution is -2.52. The minimum Gasteiger partial charge on any atom is -0.368 e. The Morgan fingerprint density at radius 3 is 2.53 bits per heavy atom. The highest BCUT2D eigenvalue weighted by Gasteiger charge is 2.31. The summed E-state index contributed by atoms with van der Waals surface area (Å²) < 4.78 is 44.3. The highest BCUT2D eigenvalue weighted by molar-refractivity contribution is 14.0. The first-order valence-corrected chi connectivity index (χ1v) is 10.6. The van der Waals surface area contributed by atoms with Crippen LogP contribution in [-0.2, 0) is 12.6 Å². The molecule has 7 nitrogen and oxygen atoms in total. The second-order valence-electron chi connectivity index (χ2n) is 7.71. The number of hydrogen-bond acceptors (Lipinski definition) is 5. The summed E-state index contributed by atoms with van der Waals surface area (Å²) in [5, 5.41) is 7.25. The molecule has 0 bridgehead atoms. The van der Waals surface area contributed by atoms with Gasteiger partial charge in [-0.1, -0.05) is 25.1 Å². The first kappa shape index (κ1) is 26.2. The van der Waals surface area contributed by atoms with Crippen LogP contribution in [0.4, 0.5) is 18.9 Å². The van der Waals surface area contributed by atoms with E-state index in [0.29, 0.717) is 56.5 Å². The quantitative estimate of drug-likeness (QED) is 0.322. The Kier molecular flexibility index (Phi) is 9.59. The fourth-order valence-electron chi connectivity index (χ4n) is 3.34. The number of guanidine groups is 1. The van der Waals surface area contributed by atoms with E-state index in [1.165, 1.54) is 12.1 Å². The molecule has 11 heteroatoms. The summed E-state index contributed by atoms with van der Waals surface area (Å²) in [4.78, 5) is 13.1. The number of nitrogens with one attached hydrogen (secondary N) is 1. The summed E-state index contributed by atoms with van der Waals surface area (Å²) in [6.07, 6.45) is -3.78. The second-order valence-corrected chi connectivity index (χ2v) is 7.71. The van der Waals surface area contributed by atoms with Crippen LogP contribution < -0.4 is 10.2 Å². The zero-order chi connectivity index (χ0) is 22.4. The predicted octanol–water partition coefficient (Wildman–Crippen LogP) is 4.16. The molecule has 0 saturated carbocycles. The Morgan fingerprint density at radius 2 is 1.94 bits per heavy atom. The van der Waals surface area contributed by atoms with E-state index in [2.05, 4.69) is 25.3 Å². The van der Waals surface area contributed by atoms with Gasteiger partial charge in [-0.05, 0) is 25.1 Å². The number of nitrogens with zero attached hydrogens (tertiary/aromatic N) is 5. The number of aromatic nitrogens is 2. The van der Waals surface area contributed by atoms with Crippen molar-refractivity contribution in [2.45, 2.75) is 39.3 Å². The van der Waals surface area contributed by atoms with Crippen molar-refractivity contribution in [1.82, 2.24) is 20.4 Å². The average molecular weight is 566 g/mol. The molecular formula is C21H30F3IN6O. The first-order valence-electron chi connectivity index (χ1n) is 10.6.